The molecule has 0 spiro atoms. The molecule has 0 amide bonds. The molecule has 0 bridgehead atoms. The Bertz CT molecular complexity index is 656. The van der Waals surface area contributed by atoms with Crippen LogP contribution in [0.5, 0.6) is 5.75 Å². The molecule has 2 N–H and O–H groups in total. The third-order valence-corrected chi connectivity index (χ3v) is 3.59. The maximum absolute atomic E-state index is 11.1. The van der Waals surface area contributed by atoms with Gasteiger partial charge in [0.15, 0.2) is 0 Å². The molecule has 0 radical (unpaired) electrons. The average Bonchev–Trinajstić information content (AvgIpc) is 2.50. The monoisotopic (exact) mass is 353 g/mol. The molecule has 0 saturated heterocycles. The zero-order chi connectivity index (χ0) is 16.7. The highest BCUT2D eigenvalue weighted by atomic mass is 35.5. The molecule has 23 heavy (non-hydrogen) atoms. The molecule has 0 heterocycles. The number of nitrogens with one attached hydrogen (secondary N) is 1. The van der Waals surface area contributed by atoms with E-state index in [2.05, 4.69) is 5.32 Å². The van der Waals surface area contributed by atoms with Crippen LogP contribution in [0.15, 0.2) is 42.5 Å². The summed E-state index contributed by atoms with van der Waals surface area (Å²) in [6, 6.07) is 11.9. The summed E-state index contributed by atoms with van der Waals surface area (Å²) in [5, 5.41) is 13.3. The van der Waals surface area contributed by atoms with Gasteiger partial charge in [-0.05, 0) is 43.2 Å². The Morgan fingerprint density at radius 2 is 1.78 bits per heavy atom. The lowest BCUT2D eigenvalue weighted by Gasteiger charge is -2.10. The number of anilines is 1. The van der Waals surface area contributed by atoms with E-state index in [1.165, 1.54) is 0 Å². The van der Waals surface area contributed by atoms with Crippen molar-refractivity contribution in [3.05, 3.63) is 58.1 Å². The Labute approximate surface area is 145 Å². The molecule has 0 aromatic heterocycles. The topological polar surface area (TPSA) is 58.6 Å². The van der Waals surface area contributed by atoms with Gasteiger partial charge in [0.25, 0.3) is 0 Å². The van der Waals surface area contributed by atoms with Crippen molar-refractivity contribution in [1.29, 1.82) is 0 Å². The Morgan fingerprint density at radius 1 is 1.09 bits per heavy atom. The summed E-state index contributed by atoms with van der Waals surface area (Å²) in [4.78, 5) is 11.1. The summed E-state index contributed by atoms with van der Waals surface area (Å²) in [6.07, 6.45) is 1.68. The lowest BCUT2D eigenvalue weighted by molar-refractivity contribution is 0.0698. The summed E-state index contributed by atoms with van der Waals surface area (Å²) < 4.78 is 5.59. The van der Waals surface area contributed by atoms with Crippen molar-refractivity contribution in [1.82, 2.24) is 0 Å². The van der Waals surface area contributed by atoms with Crippen molar-refractivity contribution in [2.75, 3.05) is 18.5 Å². The molecule has 2 aromatic carbocycles. The van der Waals surface area contributed by atoms with Crippen LogP contribution in [0.1, 0.15) is 23.2 Å². The number of benzene rings is 2. The first-order chi connectivity index (χ1) is 11.1. The van der Waals surface area contributed by atoms with Crippen LogP contribution in [-0.4, -0.2) is 24.2 Å². The second-order valence-electron chi connectivity index (χ2n) is 4.94. The Balaban J connectivity index is 1.71. The average molecular weight is 354 g/mol. The number of hydrogen-bond donors (Lipinski definition) is 2. The highest BCUT2D eigenvalue weighted by molar-refractivity contribution is 6.34. The molecule has 6 heteroatoms. The van der Waals surface area contributed by atoms with E-state index < -0.39 is 5.97 Å². The Kier molecular flexibility index (Phi) is 6.56. The first kappa shape index (κ1) is 17.4. The summed E-state index contributed by atoms with van der Waals surface area (Å²) in [7, 11) is 0. The zero-order valence-corrected chi connectivity index (χ0v) is 13.9. The minimum Gasteiger partial charge on any atom is -0.493 e. The van der Waals surface area contributed by atoms with Crippen LogP contribution in [0.4, 0.5) is 5.69 Å². The molecule has 4 nitrogen and oxygen atoms in total. The third kappa shape index (κ3) is 5.66. The van der Waals surface area contributed by atoms with E-state index in [9.17, 15) is 4.79 Å². The van der Waals surface area contributed by atoms with Gasteiger partial charge in [-0.25, -0.2) is 4.79 Å². The molecule has 122 valence electrons. The van der Waals surface area contributed by atoms with E-state index in [0.29, 0.717) is 34.6 Å². The molecular formula is C17H17Cl2NO3. The molecule has 0 unspecified atom stereocenters. The Hall–Kier alpha value is -1.91. The maximum atomic E-state index is 11.1. The fourth-order valence-corrected chi connectivity index (χ4v) is 2.58. The number of para-hydroxylation sites is 1. The lowest BCUT2D eigenvalue weighted by atomic mass is 10.2. The molecule has 2 aromatic rings. The smallest absolute Gasteiger partial charge is 0.337 e. The summed E-state index contributed by atoms with van der Waals surface area (Å²) in [6.45, 7) is 1.21. The van der Waals surface area contributed by atoms with Crippen molar-refractivity contribution in [2.24, 2.45) is 0 Å². The second kappa shape index (κ2) is 8.65. The van der Waals surface area contributed by atoms with Gasteiger partial charge in [0.2, 0.25) is 0 Å². The van der Waals surface area contributed by atoms with Gasteiger partial charge in [-0.1, -0.05) is 35.3 Å². The molecule has 0 aliphatic rings. The number of ether oxygens (including phenoxy) is 1. The summed E-state index contributed by atoms with van der Waals surface area (Å²) >= 11 is 11.8. The van der Waals surface area contributed by atoms with Gasteiger partial charge in [-0.3, -0.25) is 0 Å². The van der Waals surface area contributed by atoms with Gasteiger partial charge >= 0.3 is 5.97 Å². The molecule has 0 saturated carbocycles. The molecular weight excluding hydrogens is 337 g/mol. The van der Waals surface area contributed by atoms with E-state index in [1.807, 2.05) is 0 Å². The van der Waals surface area contributed by atoms with Crippen LogP contribution < -0.4 is 10.1 Å². The predicted molar refractivity (Wildman–Crippen MR) is 93.1 cm³/mol. The molecule has 0 aliphatic heterocycles. The van der Waals surface area contributed by atoms with Gasteiger partial charge in [-0.15, -0.1) is 0 Å². The van der Waals surface area contributed by atoms with Gasteiger partial charge in [0.05, 0.1) is 12.2 Å². The standard InChI is InChI=1S/C17H17Cl2NO3/c18-12-9-13(19)11-14(10-12)23-8-4-3-7-20-16-6-2-1-5-15(16)17(21)22/h1-2,5-6,9-11,20H,3-4,7-8H2,(H,21,22). The van der Waals surface area contributed by atoms with E-state index in [1.54, 1.807) is 42.5 Å². The number of aromatic carboxylic acids is 1. The predicted octanol–water partition coefficient (Wildman–Crippen LogP) is 4.96. The number of hydrogen-bond acceptors (Lipinski definition) is 3. The highest BCUT2D eigenvalue weighted by Gasteiger charge is 2.07. The summed E-state index contributed by atoms with van der Waals surface area (Å²) in [5.74, 6) is -0.291. The van der Waals surface area contributed by atoms with E-state index >= 15 is 0 Å². The minimum atomic E-state index is -0.936. The number of carboxylic acids is 1. The normalized spacial score (nSPS) is 10.3. The molecule has 0 atom stereocenters. The third-order valence-electron chi connectivity index (χ3n) is 3.15. The number of rotatable bonds is 8. The lowest BCUT2D eigenvalue weighted by Crippen LogP contribution is -2.08. The van der Waals surface area contributed by atoms with Crippen LogP contribution in [-0.2, 0) is 0 Å². The van der Waals surface area contributed by atoms with Crippen LogP contribution in [0.2, 0.25) is 10.0 Å². The Morgan fingerprint density at radius 3 is 2.48 bits per heavy atom. The molecule has 2 rings (SSSR count). The largest absolute Gasteiger partial charge is 0.493 e. The SMILES string of the molecule is O=C(O)c1ccccc1NCCCCOc1cc(Cl)cc(Cl)c1. The molecule has 0 aliphatic carbocycles. The number of halogens is 2. The van der Waals surface area contributed by atoms with Crippen LogP contribution in [0, 0.1) is 0 Å². The van der Waals surface area contributed by atoms with Crippen LogP contribution in [0.3, 0.4) is 0 Å². The van der Waals surface area contributed by atoms with Crippen molar-refractivity contribution >= 4 is 34.9 Å². The maximum Gasteiger partial charge on any atom is 0.337 e. The van der Waals surface area contributed by atoms with E-state index in [0.717, 1.165) is 12.8 Å². The van der Waals surface area contributed by atoms with Gasteiger partial charge in [0, 0.05) is 22.3 Å². The van der Waals surface area contributed by atoms with Crippen molar-refractivity contribution in [3.8, 4) is 5.75 Å². The fraction of sp³-hybridized carbons (Fsp3) is 0.235. The van der Waals surface area contributed by atoms with Gasteiger partial charge < -0.3 is 15.2 Å². The number of carboxylic acid groups (broad SMARTS) is 1. The van der Waals surface area contributed by atoms with Crippen molar-refractivity contribution < 1.29 is 14.6 Å². The summed E-state index contributed by atoms with van der Waals surface area (Å²) in [5.41, 5.74) is 0.903. The van der Waals surface area contributed by atoms with E-state index in [4.69, 9.17) is 33.0 Å². The number of carbonyl (C=O) groups is 1. The van der Waals surface area contributed by atoms with Crippen molar-refractivity contribution in [3.63, 3.8) is 0 Å². The minimum absolute atomic E-state index is 0.275. The van der Waals surface area contributed by atoms with Crippen LogP contribution >= 0.6 is 23.2 Å². The van der Waals surface area contributed by atoms with Gasteiger partial charge in [0.1, 0.15) is 5.75 Å². The zero-order valence-electron chi connectivity index (χ0n) is 12.4. The molecule has 0 fully saturated rings. The van der Waals surface area contributed by atoms with Crippen molar-refractivity contribution in [2.45, 2.75) is 12.8 Å². The number of unbranched alkanes of at least 4 members (excludes halogenated alkanes) is 1. The fourth-order valence-electron chi connectivity index (χ4n) is 2.08. The van der Waals surface area contributed by atoms with Crippen LogP contribution in [0.25, 0.3) is 0 Å². The van der Waals surface area contributed by atoms with E-state index in [-0.39, 0.29) is 5.56 Å². The van der Waals surface area contributed by atoms with Gasteiger partial charge in [-0.2, -0.15) is 0 Å². The second-order valence-corrected chi connectivity index (χ2v) is 5.81. The highest BCUT2D eigenvalue weighted by Crippen LogP contribution is 2.24. The first-order valence-corrected chi connectivity index (χ1v) is 7.97. The first-order valence-electron chi connectivity index (χ1n) is 7.21. The quantitative estimate of drug-likeness (QED) is 0.658.